The van der Waals surface area contributed by atoms with Gasteiger partial charge in [-0.3, -0.25) is 4.79 Å². The SMILES string of the molecule is CCOC(=O)c1c(C)[nH]c(C(=O)[C@H](C)OC(=O)c2cc(F)c(F)cc2Cl)c1C. The standard InChI is InChI=1S/C19H18ClF2NO5/c1-5-27-19(26)15-8(2)16(23-9(15)3)17(24)10(4)28-18(25)11-6-13(21)14(22)7-12(11)20/h6-7,10,23H,5H2,1-4H3/t10-/m0/s1. The highest BCUT2D eigenvalue weighted by molar-refractivity contribution is 6.33. The van der Waals surface area contributed by atoms with Crippen molar-refractivity contribution in [1.29, 1.82) is 0 Å². The highest BCUT2D eigenvalue weighted by Crippen LogP contribution is 2.23. The van der Waals surface area contributed by atoms with E-state index in [0.717, 1.165) is 0 Å². The van der Waals surface area contributed by atoms with Gasteiger partial charge in [-0.25, -0.2) is 18.4 Å². The highest BCUT2D eigenvalue weighted by atomic mass is 35.5. The lowest BCUT2D eigenvalue weighted by molar-refractivity contribution is 0.0316. The number of hydrogen-bond acceptors (Lipinski definition) is 5. The van der Waals surface area contributed by atoms with E-state index >= 15 is 0 Å². The first kappa shape index (κ1) is 21.6. The van der Waals surface area contributed by atoms with Crippen LogP contribution in [-0.2, 0) is 9.47 Å². The molecular formula is C19H18ClF2NO5. The van der Waals surface area contributed by atoms with Crippen LogP contribution in [0.5, 0.6) is 0 Å². The third-order valence-corrected chi connectivity index (χ3v) is 4.36. The number of rotatable bonds is 6. The number of esters is 2. The molecule has 0 bridgehead atoms. The molecule has 150 valence electrons. The molecule has 6 nitrogen and oxygen atoms in total. The van der Waals surface area contributed by atoms with Crippen molar-refractivity contribution in [1.82, 2.24) is 4.98 Å². The first-order valence-electron chi connectivity index (χ1n) is 8.34. The van der Waals surface area contributed by atoms with Crippen LogP contribution in [0.25, 0.3) is 0 Å². The van der Waals surface area contributed by atoms with Gasteiger partial charge in [0.1, 0.15) is 0 Å². The van der Waals surface area contributed by atoms with E-state index in [1.807, 2.05) is 0 Å². The Hall–Kier alpha value is -2.74. The van der Waals surface area contributed by atoms with Crippen LogP contribution in [0.15, 0.2) is 12.1 Å². The van der Waals surface area contributed by atoms with E-state index in [1.54, 1.807) is 20.8 Å². The number of carbonyl (C=O) groups excluding carboxylic acids is 3. The van der Waals surface area contributed by atoms with Crippen molar-refractivity contribution in [3.63, 3.8) is 0 Å². The Morgan fingerprint density at radius 1 is 1.14 bits per heavy atom. The second kappa shape index (κ2) is 8.52. The Morgan fingerprint density at radius 3 is 2.36 bits per heavy atom. The molecule has 0 amide bonds. The lowest BCUT2D eigenvalue weighted by Crippen LogP contribution is -2.25. The van der Waals surface area contributed by atoms with E-state index in [0.29, 0.717) is 23.4 Å². The number of hydrogen-bond donors (Lipinski definition) is 1. The maximum absolute atomic E-state index is 13.4. The van der Waals surface area contributed by atoms with E-state index < -0.39 is 41.0 Å². The van der Waals surface area contributed by atoms with Crippen molar-refractivity contribution in [3.8, 4) is 0 Å². The molecule has 1 aromatic heterocycles. The Bertz CT molecular complexity index is 954. The predicted molar refractivity (Wildman–Crippen MR) is 96.8 cm³/mol. The van der Waals surface area contributed by atoms with Crippen LogP contribution in [0.2, 0.25) is 5.02 Å². The van der Waals surface area contributed by atoms with Gasteiger partial charge in [0.2, 0.25) is 5.78 Å². The number of ketones is 1. The molecular weight excluding hydrogens is 396 g/mol. The molecule has 1 atom stereocenters. The fourth-order valence-corrected chi connectivity index (χ4v) is 2.89. The van der Waals surface area contributed by atoms with E-state index in [1.165, 1.54) is 6.92 Å². The number of ether oxygens (including phenoxy) is 2. The number of aryl methyl sites for hydroxylation is 1. The number of aromatic nitrogens is 1. The third kappa shape index (κ3) is 4.22. The summed E-state index contributed by atoms with van der Waals surface area (Å²) in [6, 6.07) is 1.24. The molecule has 0 spiro atoms. The van der Waals surface area contributed by atoms with Crippen molar-refractivity contribution < 1.29 is 32.6 Å². The van der Waals surface area contributed by atoms with Crippen LogP contribution >= 0.6 is 11.6 Å². The third-order valence-electron chi connectivity index (χ3n) is 4.05. The summed E-state index contributed by atoms with van der Waals surface area (Å²) in [7, 11) is 0. The topological polar surface area (TPSA) is 85.5 Å². The van der Waals surface area contributed by atoms with E-state index in [9.17, 15) is 23.2 Å². The Balaban J connectivity index is 2.24. The minimum Gasteiger partial charge on any atom is -0.462 e. The number of halogens is 3. The minimum atomic E-state index is -1.27. The van der Waals surface area contributed by atoms with Gasteiger partial charge in [-0.05, 0) is 45.4 Å². The maximum Gasteiger partial charge on any atom is 0.340 e. The lowest BCUT2D eigenvalue weighted by atomic mass is 10.1. The zero-order valence-corrected chi connectivity index (χ0v) is 16.4. The molecule has 0 fully saturated rings. The second-order valence-electron chi connectivity index (χ2n) is 6.00. The molecule has 0 radical (unpaired) electrons. The van der Waals surface area contributed by atoms with Gasteiger partial charge in [0.15, 0.2) is 17.7 Å². The quantitative estimate of drug-likeness (QED) is 0.436. The number of carbonyl (C=O) groups is 3. The molecule has 1 aromatic carbocycles. The summed E-state index contributed by atoms with van der Waals surface area (Å²) in [5.74, 6) is -4.76. The van der Waals surface area contributed by atoms with Crippen molar-refractivity contribution in [2.45, 2.75) is 33.8 Å². The largest absolute Gasteiger partial charge is 0.462 e. The van der Waals surface area contributed by atoms with Crippen molar-refractivity contribution in [2.24, 2.45) is 0 Å². The van der Waals surface area contributed by atoms with E-state index in [-0.39, 0.29) is 22.9 Å². The van der Waals surface area contributed by atoms with Gasteiger partial charge in [0.05, 0.1) is 28.5 Å². The molecule has 0 unspecified atom stereocenters. The first-order chi connectivity index (χ1) is 13.1. The monoisotopic (exact) mass is 413 g/mol. The number of benzene rings is 1. The Morgan fingerprint density at radius 2 is 1.75 bits per heavy atom. The van der Waals surface area contributed by atoms with Crippen LogP contribution in [-0.4, -0.2) is 35.4 Å². The smallest absolute Gasteiger partial charge is 0.340 e. The van der Waals surface area contributed by atoms with Crippen LogP contribution in [0.3, 0.4) is 0 Å². The predicted octanol–water partition coefficient (Wildman–Crippen LogP) is 4.17. The van der Waals surface area contributed by atoms with Crippen molar-refractivity contribution >= 4 is 29.3 Å². The summed E-state index contributed by atoms with van der Waals surface area (Å²) < 4.78 is 36.5. The van der Waals surface area contributed by atoms with Gasteiger partial charge in [-0.2, -0.15) is 0 Å². The summed E-state index contributed by atoms with van der Waals surface area (Å²) in [6.45, 7) is 6.31. The van der Waals surface area contributed by atoms with Gasteiger partial charge >= 0.3 is 11.9 Å². The summed E-state index contributed by atoms with van der Waals surface area (Å²) in [5.41, 5.74) is 0.688. The van der Waals surface area contributed by atoms with Crippen molar-refractivity contribution in [3.05, 3.63) is 56.9 Å². The van der Waals surface area contributed by atoms with Crippen LogP contribution in [0, 0.1) is 25.5 Å². The van der Waals surface area contributed by atoms with E-state index in [4.69, 9.17) is 21.1 Å². The molecule has 28 heavy (non-hydrogen) atoms. The van der Waals surface area contributed by atoms with Gasteiger partial charge < -0.3 is 14.5 Å². The number of aromatic amines is 1. The minimum absolute atomic E-state index is 0.0808. The average molecular weight is 414 g/mol. The molecule has 0 aliphatic heterocycles. The van der Waals surface area contributed by atoms with Crippen LogP contribution < -0.4 is 0 Å². The molecule has 9 heteroatoms. The number of H-pyrrole nitrogens is 1. The summed E-state index contributed by atoms with van der Waals surface area (Å²) >= 11 is 5.74. The molecule has 1 N–H and O–H groups in total. The first-order valence-corrected chi connectivity index (χ1v) is 8.72. The average Bonchev–Trinajstić information content (AvgIpc) is 2.91. The van der Waals surface area contributed by atoms with Crippen molar-refractivity contribution in [2.75, 3.05) is 6.61 Å². The summed E-state index contributed by atoms with van der Waals surface area (Å²) in [5, 5.41) is -0.347. The molecule has 0 saturated heterocycles. The molecule has 0 aliphatic rings. The maximum atomic E-state index is 13.4. The highest BCUT2D eigenvalue weighted by Gasteiger charge is 2.28. The van der Waals surface area contributed by atoms with Gasteiger partial charge in [0.25, 0.3) is 0 Å². The lowest BCUT2D eigenvalue weighted by Gasteiger charge is -2.13. The summed E-state index contributed by atoms with van der Waals surface area (Å²) in [4.78, 5) is 39.7. The van der Waals surface area contributed by atoms with Gasteiger partial charge in [-0.15, -0.1) is 0 Å². The van der Waals surface area contributed by atoms with E-state index in [2.05, 4.69) is 4.98 Å². The molecule has 0 saturated carbocycles. The number of nitrogens with one attached hydrogen (secondary N) is 1. The van der Waals surface area contributed by atoms with Gasteiger partial charge in [-0.1, -0.05) is 11.6 Å². The fourth-order valence-electron chi connectivity index (χ4n) is 2.67. The zero-order chi connectivity index (χ0) is 21.2. The van der Waals surface area contributed by atoms with Gasteiger partial charge in [0, 0.05) is 5.69 Å². The van der Waals surface area contributed by atoms with Crippen LogP contribution in [0.1, 0.15) is 56.3 Å². The molecule has 2 aromatic rings. The second-order valence-corrected chi connectivity index (χ2v) is 6.41. The normalized spacial score (nSPS) is 11.8. The Kier molecular flexibility index (Phi) is 6.56. The Labute approximate surface area is 164 Å². The fraction of sp³-hybridized carbons (Fsp3) is 0.316. The summed E-state index contributed by atoms with van der Waals surface area (Å²) in [6.07, 6.45) is -1.27. The van der Waals surface area contributed by atoms with Crippen LogP contribution in [0.4, 0.5) is 8.78 Å². The number of Topliss-reactive ketones (excluding diaryl/α,β-unsaturated/α-hetero) is 1. The molecule has 0 aliphatic carbocycles. The molecule has 1 heterocycles. The zero-order valence-electron chi connectivity index (χ0n) is 15.6. The molecule has 2 rings (SSSR count).